The molecule has 136 valence electrons. The van der Waals surface area contributed by atoms with Gasteiger partial charge in [-0.05, 0) is 19.1 Å². The van der Waals surface area contributed by atoms with Gasteiger partial charge < -0.3 is 15.5 Å². The SMILES string of the molecule is Cc1nn(C)c(N2CCN(c3cnc4cc(Cl)c(Cl)cc4n3)CC2)c1N. The number of nitrogens with two attached hydrogens (primary N) is 1. The molecule has 4 rings (SSSR count). The third-order valence-corrected chi connectivity index (χ3v) is 5.43. The maximum Gasteiger partial charge on any atom is 0.150 e. The second-order valence-electron chi connectivity index (χ2n) is 6.40. The van der Waals surface area contributed by atoms with Crippen LogP contribution in [0.5, 0.6) is 0 Å². The molecule has 0 amide bonds. The molecular weight excluding hydrogens is 373 g/mol. The highest BCUT2D eigenvalue weighted by Gasteiger charge is 2.23. The summed E-state index contributed by atoms with van der Waals surface area (Å²) in [5.41, 5.74) is 9.27. The largest absolute Gasteiger partial charge is 0.394 e. The zero-order chi connectivity index (χ0) is 18.4. The highest BCUT2D eigenvalue weighted by molar-refractivity contribution is 6.42. The van der Waals surface area contributed by atoms with E-state index in [9.17, 15) is 0 Å². The van der Waals surface area contributed by atoms with Gasteiger partial charge in [-0.1, -0.05) is 23.2 Å². The lowest BCUT2D eigenvalue weighted by molar-refractivity contribution is 0.620. The maximum atomic E-state index is 6.18. The number of fused-ring (bicyclic) bond motifs is 1. The van der Waals surface area contributed by atoms with Crippen molar-refractivity contribution in [2.75, 3.05) is 41.7 Å². The summed E-state index contributed by atoms with van der Waals surface area (Å²) < 4.78 is 1.85. The van der Waals surface area contributed by atoms with Crippen molar-refractivity contribution in [1.82, 2.24) is 19.7 Å². The smallest absolute Gasteiger partial charge is 0.150 e. The van der Waals surface area contributed by atoms with Crippen LogP contribution in [0, 0.1) is 6.92 Å². The summed E-state index contributed by atoms with van der Waals surface area (Å²) in [6, 6.07) is 3.49. The molecule has 0 unspecified atom stereocenters. The second-order valence-corrected chi connectivity index (χ2v) is 7.22. The van der Waals surface area contributed by atoms with Crippen molar-refractivity contribution in [1.29, 1.82) is 0 Å². The van der Waals surface area contributed by atoms with Crippen LogP contribution in [0.25, 0.3) is 11.0 Å². The zero-order valence-electron chi connectivity index (χ0n) is 14.6. The molecule has 0 bridgehead atoms. The van der Waals surface area contributed by atoms with Crippen LogP contribution < -0.4 is 15.5 Å². The minimum absolute atomic E-state index is 0.484. The van der Waals surface area contributed by atoms with Crippen LogP contribution in [0.3, 0.4) is 0 Å². The van der Waals surface area contributed by atoms with Gasteiger partial charge in [-0.2, -0.15) is 5.10 Å². The number of aromatic nitrogens is 4. The lowest BCUT2D eigenvalue weighted by Crippen LogP contribution is -2.47. The molecule has 0 atom stereocenters. The molecule has 2 N–H and O–H groups in total. The Kier molecular flexibility index (Phi) is 4.28. The molecule has 1 aliphatic heterocycles. The summed E-state index contributed by atoms with van der Waals surface area (Å²) in [4.78, 5) is 13.6. The Morgan fingerprint density at radius 3 is 2.23 bits per heavy atom. The molecule has 9 heteroatoms. The van der Waals surface area contributed by atoms with E-state index < -0.39 is 0 Å². The van der Waals surface area contributed by atoms with Gasteiger partial charge in [-0.25, -0.2) is 4.98 Å². The van der Waals surface area contributed by atoms with Crippen LogP contribution in [0.4, 0.5) is 17.3 Å². The molecule has 3 heterocycles. The van der Waals surface area contributed by atoms with Gasteiger partial charge in [-0.15, -0.1) is 0 Å². The first-order valence-electron chi connectivity index (χ1n) is 8.35. The van der Waals surface area contributed by atoms with Gasteiger partial charge in [0.1, 0.15) is 5.82 Å². The predicted octanol–water partition coefficient (Wildman–Crippen LogP) is 2.89. The number of nitrogens with zero attached hydrogens (tertiary/aromatic N) is 6. The molecule has 0 spiro atoms. The first kappa shape index (κ1) is 17.2. The summed E-state index contributed by atoms with van der Waals surface area (Å²) in [7, 11) is 1.93. The number of benzene rings is 1. The molecule has 0 radical (unpaired) electrons. The molecule has 2 aromatic heterocycles. The fourth-order valence-electron chi connectivity index (χ4n) is 3.34. The number of piperazine rings is 1. The lowest BCUT2D eigenvalue weighted by Gasteiger charge is -2.36. The van der Waals surface area contributed by atoms with Crippen LogP contribution in [-0.4, -0.2) is 45.9 Å². The topological polar surface area (TPSA) is 76.1 Å². The van der Waals surface area contributed by atoms with Crippen LogP contribution in [0.1, 0.15) is 5.69 Å². The van der Waals surface area contributed by atoms with E-state index in [0.29, 0.717) is 10.0 Å². The number of hydrogen-bond acceptors (Lipinski definition) is 6. The van der Waals surface area contributed by atoms with Gasteiger partial charge in [0.15, 0.2) is 5.82 Å². The maximum absolute atomic E-state index is 6.18. The van der Waals surface area contributed by atoms with E-state index in [1.165, 1.54) is 0 Å². The average molecular weight is 392 g/mol. The van der Waals surface area contributed by atoms with Gasteiger partial charge in [0.2, 0.25) is 0 Å². The highest BCUT2D eigenvalue weighted by atomic mass is 35.5. The Labute approximate surface area is 161 Å². The molecule has 1 fully saturated rings. The molecular formula is C17H19Cl2N7. The molecule has 1 saturated heterocycles. The Hall–Kier alpha value is -2.25. The number of nitrogen functional groups attached to an aromatic ring is 1. The normalized spacial score (nSPS) is 15.1. The Morgan fingerprint density at radius 1 is 1.00 bits per heavy atom. The second kappa shape index (κ2) is 6.48. The molecule has 1 aromatic carbocycles. The minimum Gasteiger partial charge on any atom is -0.394 e. The fraction of sp³-hybridized carbons (Fsp3) is 0.353. The minimum atomic E-state index is 0.484. The van der Waals surface area contributed by atoms with Crippen molar-refractivity contribution >= 4 is 51.6 Å². The summed E-state index contributed by atoms with van der Waals surface area (Å²) in [6.07, 6.45) is 1.78. The Morgan fingerprint density at radius 2 is 1.62 bits per heavy atom. The summed E-state index contributed by atoms with van der Waals surface area (Å²) in [6.45, 7) is 5.25. The molecule has 3 aromatic rings. The number of rotatable bonds is 2. The van der Waals surface area contributed by atoms with Crippen molar-refractivity contribution in [3.8, 4) is 0 Å². The third kappa shape index (κ3) is 2.91. The number of anilines is 3. The summed E-state index contributed by atoms with van der Waals surface area (Å²) in [5, 5.41) is 5.37. The third-order valence-electron chi connectivity index (χ3n) is 4.71. The van der Waals surface area contributed by atoms with Gasteiger partial charge in [-0.3, -0.25) is 9.67 Å². The van der Waals surface area contributed by atoms with E-state index in [2.05, 4.69) is 19.9 Å². The van der Waals surface area contributed by atoms with Crippen LogP contribution in [0.2, 0.25) is 10.0 Å². The van der Waals surface area contributed by atoms with Crippen LogP contribution >= 0.6 is 23.2 Å². The fourth-order valence-corrected chi connectivity index (χ4v) is 3.65. The molecule has 0 saturated carbocycles. The van der Waals surface area contributed by atoms with E-state index in [0.717, 1.165) is 60.2 Å². The molecule has 0 aliphatic carbocycles. The average Bonchev–Trinajstić information content (AvgIpc) is 2.88. The van der Waals surface area contributed by atoms with Crippen LogP contribution in [0.15, 0.2) is 18.3 Å². The number of hydrogen-bond donors (Lipinski definition) is 1. The van der Waals surface area contributed by atoms with Gasteiger partial charge in [0.05, 0.1) is 38.7 Å². The number of halogens is 2. The first-order valence-corrected chi connectivity index (χ1v) is 9.10. The highest BCUT2D eigenvalue weighted by Crippen LogP contribution is 2.29. The molecule has 7 nitrogen and oxygen atoms in total. The van der Waals surface area contributed by atoms with Gasteiger partial charge >= 0.3 is 0 Å². The summed E-state index contributed by atoms with van der Waals surface area (Å²) >= 11 is 12.1. The van der Waals surface area contributed by atoms with E-state index in [4.69, 9.17) is 33.9 Å². The number of aryl methyl sites for hydroxylation is 2. The van der Waals surface area contributed by atoms with E-state index in [1.54, 1.807) is 18.3 Å². The van der Waals surface area contributed by atoms with Crippen molar-refractivity contribution < 1.29 is 0 Å². The van der Waals surface area contributed by atoms with Gasteiger partial charge in [0, 0.05) is 33.2 Å². The van der Waals surface area contributed by atoms with Crippen molar-refractivity contribution in [3.05, 3.63) is 34.1 Å². The van der Waals surface area contributed by atoms with Crippen molar-refractivity contribution in [3.63, 3.8) is 0 Å². The van der Waals surface area contributed by atoms with E-state index in [1.807, 2.05) is 18.7 Å². The predicted molar refractivity (Wildman–Crippen MR) is 106 cm³/mol. The lowest BCUT2D eigenvalue weighted by atomic mass is 10.2. The van der Waals surface area contributed by atoms with E-state index >= 15 is 0 Å². The first-order chi connectivity index (χ1) is 12.4. The zero-order valence-corrected chi connectivity index (χ0v) is 16.1. The van der Waals surface area contributed by atoms with Crippen molar-refractivity contribution in [2.24, 2.45) is 7.05 Å². The molecule has 26 heavy (non-hydrogen) atoms. The quantitative estimate of drug-likeness (QED) is 0.723. The standard InChI is InChI=1S/C17H19Cl2N7/c1-10-16(20)17(24(2)23-10)26-5-3-25(4-6-26)15-9-21-13-7-11(18)12(19)8-14(13)22-15/h7-9H,3-6,20H2,1-2H3. The summed E-state index contributed by atoms with van der Waals surface area (Å²) in [5.74, 6) is 1.82. The molecule has 1 aliphatic rings. The van der Waals surface area contributed by atoms with Crippen molar-refractivity contribution in [2.45, 2.75) is 6.92 Å². The van der Waals surface area contributed by atoms with Gasteiger partial charge in [0.25, 0.3) is 0 Å². The Balaban J connectivity index is 1.54. The van der Waals surface area contributed by atoms with Crippen LogP contribution in [-0.2, 0) is 7.05 Å². The Bertz CT molecular complexity index is 977. The van der Waals surface area contributed by atoms with E-state index in [-0.39, 0.29) is 0 Å². The monoisotopic (exact) mass is 391 g/mol.